The van der Waals surface area contributed by atoms with Gasteiger partial charge in [0.2, 0.25) is 11.8 Å². The van der Waals surface area contributed by atoms with Gasteiger partial charge in [-0.05, 0) is 37.2 Å². The minimum atomic E-state index is -0.292. The van der Waals surface area contributed by atoms with Gasteiger partial charge >= 0.3 is 0 Å². The van der Waals surface area contributed by atoms with Crippen LogP contribution >= 0.6 is 12.4 Å². The summed E-state index contributed by atoms with van der Waals surface area (Å²) in [6.45, 7) is 2.19. The number of benzene rings is 1. The molecule has 0 aliphatic carbocycles. The summed E-state index contributed by atoms with van der Waals surface area (Å²) >= 11 is 0. The van der Waals surface area contributed by atoms with Gasteiger partial charge in [-0.15, -0.1) is 12.4 Å². The average Bonchev–Trinajstić information content (AvgIpc) is 3.19. The fourth-order valence-electron chi connectivity index (χ4n) is 2.48. The molecule has 1 saturated heterocycles. The summed E-state index contributed by atoms with van der Waals surface area (Å²) in [6.07, 6.45) is 3.07. The highest BCUT2D eigenvalue weighted by molar-refractivity contribution is 5.85. The van der Waals surface area contributed by atoms with Gasteiger partial charge in [-0.1, -0.05) is 0 Å². The average molecular weight is 340 g/mol. The van der Waals surface area contributed by atoms with Crippen LogP contribution < -0.4 is 10.6 Å². The maximum Gasteiger partial charge on any atom is 0.226 e. The van der Waals surface area contributed by atoms with Crippen LogP contribution in [0.25, 0.3) is 11.5 Å². The molecule has 1 amide bonds. The minimum absolute atomic E-state index is 0. The fraction of sp³-hybridized carbons (Fsp3) is 0.375. The Morgan fingerprint density at radius 3 is 2.87 bits per heavy atom. The summed E-state index contributed by atoms with van der Waals surface area (Å²) in [5.74, 6) is 0.334. The van der Waals surface area contributed by atoms with Crippen molar-refractivity contribution in [1.82, 2.24) is 15.6 Å². The van der Waals surface area contributed by atoms with Crippen molar-refractivity contribution in [2.24, 2.45) is 5.92 Å². The first-order chi connectivity index (χ1) is 10.7. The Hall–Kier alpha value is -1.92. The van der Waals surface area contributed by atoms with Crippen molar-refractivity contribution in [3.63, 3.8) is 0 Å². The Bertz CT molecular complexity index is 639. The van der Waals surface area contributed by atoms with Crippen LogP contribution in [-0.4, -0.2) is 30.5 Å². The Morgan fingerprint density at radius 2 is 2.17 bits per heavy atom. The molecule has 1 atom stereocenters. The molecular formula is C16H19ClFN3O2. The summed E-state index contributed by atoms with van der Waals surface area (Å²) < 4.78 is 18.3. The first kappa shape index (κ1) is 17.4. The molecule has 0 saturated carbocycles. The van der Waals surface area contributed by atoms with Crippen molar-refractivity contribution in [2.45, 2.75) is 12.8 Å². The first-order valence-electron chi connectivity index (χ1n) is 7.41. The molecule has 1 aromatic carbocycles. The SMILES string of the molecule is Cl.O=C(NCCc1coc(-c2ccc(F)cc2)n1)C1CCNC1. The number of carbonyl (C=O) groups excluding carboxylic acids is 1. The third-order valence-electron chi connectivity index (χ3n) is 3.75. The molecule has 3 rings (SSSR count). The van der Waals surface area contributed by atoms with E-state index in [-0.39, 0.29) is 30.0 Å². The first-order valence-corrected chi connectivity index (χ1v) is 7.41. The quantitative estimate of drug-likeness (QED) is 0.876. The molecule has 23 heavy (non-hydrogen) atoms. The largest absolute Gasteiger partial charge is 0.444 e. The number of hydrogen-bond donors (Lipinski definition) is 2. The molecule has 1 aliphatic heterocycles. The van der Waals surface area contributed by atoms with Crippen molar-refractivity contribution in [3.05, 3.63) is 42.0 Å². The molecule has 1 unspecified atom stereocenters. The van der Waals surface area contributed by atoms with E-state index >= 15 is 0 Å². The van der Waals surface area contributed by atoms with Crippen LogP contribution in [0.15, 0.2) is 34.9 Å². The van der Waals surface area contributed by atoms with Crippen LogP contribution in [0.2, 0.25) is 0 Å². The van der Waals surface area contributed by atoms with Crippen LogP contribution in [0.4, 0.5) is 4.39 Å². The van der Waals surface area contributed by atoms with Gasteiger partial charge in [-0.25, -0.2) is 9.37 Å². The van der Waals surface area contributed by atoms with Crippen molar-refractivity contribution in [1.29, 1.82) is 0 Å². The van der Waals surface area contributed by atoms with Crippen LogP contribution in [-0.2, 0) is 11.2 Å². The van der Waals surface area contributed by atoms with Gasteiger partial charge in [0.25, 0.3) is 0 Å². The molecule has 2 aromatic rings. The molecule has 5 nitrogen and oxygen atoms in total. The molecular weight excluding hydrogens is 321 g/mol. The lowest BCUT2D eigenvalue weighted by molar-refractivity contribution is -0.124. The number of aromatic nitrogens is 1. The maximum atomic E-state index is 12.9. The van der Waals surface area contributed by atoms with Crippen molar-refractivity contribution >= 4 is 18.3 Å². The van der Waals surface area contributed by atoms with Gasteiger partial charge in [0.05, 0.1) is 11.6 Å². The minimum Gasteiger partial charge on any atom is -0.444 e. The van der Waals surface area contributed by atoms with Gasteiger partial charge in [0.1, 0.15) is 12.1 Å². The van der Waals surface area contributed by atoms with Crippen LogP contribution in [0, 0.1) is 11.7 Å². The number of halogens is 2. The molecule has 2 heterocycles. The highest BCUT2D eigenvalue weighted by Crippen LogP contribution is 2.19. The van der Waals surface area contributed by atoms with Crippen molar-refractivity contribution in [3.8, 4) is 11.5 Å². The normalized spacial score (nSPS) is 16.8. The van der Waals surface area contributed by atoms with E-state index < -0.39 is 0 Å². The van der Waals surface area contributed by atoms with Crippen LogP contribution in [0.5, 0.6) is 0 Å². The van der Waals surface area contributed by atoms with Crippen LogP contribution in [0.1, 0.15) is 12.1 Å². The second-order valence-corrected chi connectivity index (χ2v) is 5.38. The summed E-state index contributed by atoms with van der Waals surface area (Å²) in [5.41, 5.74) is 1.50. The van der Waals surface area contributed by atoms with Gasteiger partial charge in [-0.3, -0.25) is 4.79 Å². The van der Waals surface area contributed by atoms with Gasteiger partial charge < -0.3 is 15.1 Å². The lowest BCUT2D eigenvalue weighted by atomic mass is 10.1. The van der Waals surface area contributed by atoms with E-state index in [2.05, 4.69) is 15.6 Å². The summed E-state index contributed by atoms with van der Waals surface area (Å²) in [7, 11) is 0. The highest BCUT2D eigenvalue weighted by atomic mass is 35.5. The lowest BCUT2D eigenvalue weighted by Gasteiger charge is -2.08. The second-order valence-electron chi connectivity index (χ2n) is 5.38. The number of oxazole rings is 1. The molecule has 0 radical (unpaired) electrons. The summed E-state index contributed by atoms with van der Waals surface area (Å²) in [5, 5.41) is 6.09. The molecule has 7 heteroatoms. The number of hydrogen-bond acceptors (Lipinski definition) is 4. The zero-order chi connectivity index (χ0) is 15.4. The van der Waals surface area contributed by atoms with Crippen molar-refractivity contribution in [2.75, 3.05) is 19.6 Å². The topological polar surface area (TPSA) is 67.2 Å². The molecule has 0 spiro atoms. The number of nitrogens with one attached hydrogen (secondary N) is 2. The number of carbonyl (C=O) groups is 1. The van der Waals surface area contributed by atoms with Crippen molar-refractivity contribution < 1.29 is 13.6 Å². The Morgan fingerprint density at radius 1 is 1.39 bits per heavy atom. The van der Waals surface area contributed by atoms with Gasteiger partial charge in [-0.2, -0.15) is 0 Å². The molecule has 2 N–H and O–H groups in total. The third kappa shape index (κ3) is 4.53. The predicted molar refractivity (Wildman–Crippen MR) is 86.8 cm³/mol. The number of rotatable bonds is 5. The summed E-state index contributed by atoms with van der Waals surface area (Å²) in [4.78, 5) is 16.2. The van der Waals surface area contributed by atoms with Gasteiger partial charge in [0, 0.05) is 25.1 Å². The smallest absolute Gasteiger partial charge is 0.226 e. The van der Waals surface area contributed by atoms with E-state index in [0.717, 1.165) is 30.8 Å². The molecule has 1 aromatic heterocycles. The van der Waals surface area contributed by atoms with E-state index in [1.54, 1.807) is 18.4 Å². The molecule has 1 aliphatic rings. The van der Waals surface area contributed by atoms with Gasteiger partial charge in [0.15, 0.2) is 0 Å². The van der Waals surface area contributed by atoms with E-state index in [1.165, 1.54) is 12.1 Å². The standard InChI is InChI=1S/C16H18FN3O2.ClH/c17-13-3-1-11(2-4-13)16-20-14(10-22-16)6-8-19-15(21)12-5-7-18-9-12;/h1-4,10,12,18H,5-9H2,(H,19,21);1H. The predicted octanol–water partition coefficient (Wildman–Crippen LogP) is 2.17. The Labute approximate surface area is 140 Å². The van der Waals surface area contributed by atoms with E-state index in [1.807, 2.05) is 0 Å². The highest BCUT2D eigenvalue weighted by Gasteiger charge is 2.21. The Kier molecular flexibility index (Phi) is 6.12. The lowest BCUT2D eigenvalue weighted by Crippen LogP contribution is -2.33. The fourth-order valence-corrected chi connectivity index (χ4v) is 2.48. The number of nitrogens with zero attached hydrogens (tertiary/aromatic N) is 1. The maximum absolute atomic E-state index is 12.9. The Balaban J connectivity index is 0.00000192. The number of amides is 1. The molecule has 124 valence electrons. The zero-order valence-corrected chi connectivity index (χ0v) is 13.4. The zero-order valence-electron chi connectivity index (χ0n) is 12.5. The monoisotopic (exact) mass is 339 g/mol. The van der Waals surface area contributed by atoms with E-state index in [9.17, 15) is 9.18 Å². The molecule has 0 bridgehead atoms. The second kappa shape index (κ2) is 8.08. The summed E-state index contributed by atoms with van der Waals surface area (Å²) in [6, 6.07) is 5.99. The van der Waals surface area contributed by atoms with Crippen LogP contribution in [0.3, 0.4) is 0 Å². The van der Waals surface area contributed by atoms with E-state index in [4.69, 9.17) is 4.42 Å². The van der Waals surface area contributed by atoms with E-state index in [0.29, 0.717) is 18.9 Å². The third-order valence-corrected chi connectivity index (χ3v) is 3.75. The molecule has 1 fully saturated rings.